The third-order valence-electron chi connectivity index (χ3n) is 2.69. The molecule has 0 saturated carbocycles. The van der Waals surface area contributed by atoms with Gasteiger partial charge in [-0.1, -0.05) is 20.8 Å². The van der Waals surface area contributed by atoms with Crippen LogP contribution in [0.2, 0.25) is 0 Å². The Morgan fingerprint density at radius 1 is 1.00 bits per heavy atom. The van der Waals surface area contributed by atoms with E-state index in [2.05, 4.69) is 25.7 Å². The third-order valence-corrected chi connectivity index (χ3v) is 2.69. The highest BCUT2D eigenvalue weighted by Crippen LogP contribution is 2.29. The van der Waals surface area contributed by atoms with Gasteiger partial charge in [0.05, 0.1) is 15.9 Å². The van der Waals surface area contributed by atoms with Crippen LogP contribution in [0.3, 0.4) is 0 Å². The van der Waals surface area contributed by atoms with E-state index in [-0.39, 0.29) is 5.75 Å². The molecule has 0 amide bonds. The van der Waals surface area contributed by atoms with E-state index >= 15 is 0 Å². The zero-order valence-corrected chi connectivity index (χ0v) is 11.8. The van der Waals surface area contributed by atoms with Crippen molar-refractivity contribution in [2.24, 2.45) is 0 Å². The van der Waals surface area contributed by atoms with Crippen LogP contribution in [-0.2, 0) is 0 Å². The van der Waals surface area contributed by atoms with Gasteiger partial charge < -0.3 is 10.0 Å². The van der Waals surface area contributed by atoms with E-state index in [1.54, 1.807) is 0 Å². The van der Waals surface area contributed by atoms with Crippen molar-refractivity contribution in [2.45, 2.75) is 20.8 Å². The predicted octanol–water partition coefficient (Wildman–Crippen LogP) is 2.56. The lowest BCUT2D eigenvalue weighted by Gasteiger charge is -2.13. The molecule has 0 radical (unpaired) electrons. The van der Waals surface area contributed by atoms with Gasteiger partial charge in [-0.05, 0) is 25.7 Å². The summed E-state index contributed by atoms with van der Waals surface area (Å²) in [4.78, 5) is 21.1. The lowest BCUT2D eigenvalue weighted by atomic mass is 10.2. The summed E-state index contributed by atoms with van der Waals surface area (Å²) in [6.45, 7) is 10.1. The van der Waals surface area contributed by atoms with Crippen molar-refractivity contribution in [1.82, 2.24) is 4.90 Å². The summed E-state index contributed by atoms with van der Waals surface area (Å²) < 4.78 is 0. The van der Waals surface area contributed by atoms with Crippen LogP contribution in [0.5, 0.6) is 5.75 Å². The fourth-order valence-electron chi connectivity index (χ4n) is 1.48. The first kappa shape index (κ1) is 17.8. The van der Waals surface area contributed by atoms with Crippen LogP contribution < -0.4 is 0 Å². The zero-order valence-electron chi connectivity index (χ0n) is 11.8. The molecule has 0 fully saturated rings. The molecule has 1 rings (SSSR count). The second kappa shape index (κ2) is 8.81. The quantitative estimate of drug-likeness (QED) is 0.657. The van der Waals surface area contributed by atoms with Crippen molar-refractivity contribution in [2.75, 3.05) is 19.6 Å². The maximum Gasteiger partial charge on any atom is 0.349 e. The number of hydrogen-bond acceptors (Lipinski definition) is 6. The second-order valence-corrected chi connectivity index (χ2v) is 3.81. The Bertz CT molecular complexity index is 455. The minimum atomic E-state index is -0.919. The molecule has 20 heavy (non-hydrogen) atoms. The number of phenols is 1. The summed E-state index contributed by atoms with van der Waals surface area (Å²) in [5, 5.41) is 29.4. The predicted molar refractivity (Wildman–Crippen MR) is 74.9 cm³/mol. The molecule has 1 N–H and O–H groups in total. The van der Waals surface area contributed by atoms with Crippen molar-refractivity contribution in [3.05, 3.63) is 38.4 Å². The first-order valence-electron chi connectivity index (χ1n) is 6.21. The lowest BCUT2D eigenvalue weighted by Crippen LogP contribution is -2.21. The number of hydrogen-bond donors (Lipinski definition) is 1. The van der Waals surface area contributed by atoms with Gasteiger partial charge in [0, 0.05) is 6.07 Å². The second-order valence-electron chi connectivity index (χ2n) is 3.81. The van der Waals surface area contributed by atoms with Gasteiger partial charge in [0.1, 0.15) is 5.75 Å². The Morgan fingerprint density at radius 3 is 1.75 bits per heavy atom. The minimum Gasteiger partial charge on any atom is -0.508 e. The standard InChI is InChI=1S/C6H4N2O5.C6H15N/c9-4-1-2-5(7(10)11)6(3-4)8(12)13;1-4-7(5-2)6-3/h1-3,9H;4-6H2,1-3H3. The molecule has 0 saturated heterocycles. The molecule has 8 heteroatoms. The van der Waals surface area contributed by atoms with E-state index in [9.17, 15) is 20.2 Å². The first-order valence-corrected chi connectivity index (χ1v) is 6.21. The van der Waals surface area contributed by atoms with Gasteiger partial charge in [0.25, 0.3) is 0 Å². The van der Waals surface area contributed by atoms with Crippen molar-refractivity contribution in [3.8, 4) is 5.75 Å². The Morgan fingerprint density at radius 2 is 1.45 bits per heavy atom. The summed E-state index contributed by atoms with van der Waals surface area (Å²) in [7, 11) is 0. The molecular weight excluding hydrogens is 266 g/mol. The number of aromatic hydroxyl groups is 1. The average Bonchev–Trinajstić information content (AvgIpc) is 2.41. The summed E-state index contributed by atoms with van der Waals surface area (Å²) in [5.74, 6) is -0.377. The molecule has 0 aliphatic heterocycles. The summed E-state index contributed by atoms with van der Waals surface area (Å²) in [6.07, 6.45) is 0. The number of rotatable bonds is 5. The highest BCUT2D eigenvalue weighted by atomic mass is 16.6. The van der Waals surface area contributed by atoms with Crippen LogP contribution in [0.4, 0.5) is 11.4 Å². The molecule has 0 unspecified atom stereocenters. The molecule has 0 aliphatic rings. The molecular formula is C12H19N3O5. The molecule has 1 aromatic carbocycles. The maximum atomic E-state index is 10.3. The van der Waals surface area contributed by atoms with Gasteiger partial charge in [0.15, 0.2) is 0 Å². The van der Waals surface area contributed by atoms with Gasteiger partial charge in [0.2, 0.25) is 0 Å². The van der Waals surface area contributed by atoms with Crippen LogP contribution in [0, 0.1) is 20.2 Å². The smallest absolute Gasteiger partial charge is 0.349 e. The Labute approximate surface area is 116 Å². The Hall–Kier alpha value is -2.22. The minimum absolute atomic E-state index is 0.377. The van der Waals surface area contributed by atoms with E-state index in [0.717, 1.165) is 18.2 Å². The monoisotopic (exact) mass is 285 g/mol. The van der Waals surface area contributed by atoms with Crippen LogP contribution in [0.25, 0.3) is 0 Å². The van der Waals surface area contributed by atoms with E-state index < -0.39 is 21.2 Å². The van der Waals surface area contributed by atoms with E-state index in [0.29, 0.717) is 0 Å². The van der Waals surface area contributed by atoms with E-state index in [4.69, 9.17) is 5.11 Å². The molecule has 112 valence electrons. The first-order chi connectivity index (χ1) is 9.37. The zero-order chi connectivity index (χ0) is 15.7. The van der Waals surface area contributed by atoms with Gasteiger partial charge in [-0.3, -0.25) is 20.2 Å². The van der Waals surface area contributed by atoms with Crippen LogP contribution in [-0.4, -0.2) is 39.5 Å². The largest absolute Gasteiger partial charge is 0.508 e. The summed E-state index contributed by atoms with van der Waals surface area (Å²) in [5.41, 5.74) is -1.35. The number of benzene rings is 1. The van der Waals surface area contributed by atoms with Gasteiger partial charge in [-0.25, -0.2) is 0 Å². The maximum absolute atomic E-state index is 10.3. The Balaban J connectivity index is 0.000000441. The highest BCUT2D eigenvalue weighted by Gasteiger charge is 2.23. The summed E-state index contributed by atoms with van der Waals surface area (Å²) >= 11 is 0. The van der Waals surface area contributed by atoms with E-state index in [1.807, 2.05) is 0 Å². The van der Waals surface area contributed by atoms with Crippen molar-refractivity contribution in [3.63, 3.8) is 0 Å². The van der Waals surface area contributed by atoms with E-state index in [1.165, 1.54) is 19.6 Å². The third kappa shape index (κ3) is 5.61. The topological polar surface area (TPSA) is 110 Å². The fraction of sp³-hybridized carbons (Fsp3) is 0.500. The SMILES string of the molecule is CCN(CC)CC.O=[N+]([O-])c1ccc(O)cc1[N+](=O)[O-]. The number of nitro benzene ring substituents is 2. The lowest BCUT2D eigenvalue weighted by molar-refractivity contribution is -0.422. The number of nitrogens with zero attached hydrogens (tertiary/aromatic N) is 3. The van der Waals surface area contributed by atoms with Crippen LogP contribution in [0.15, 0.2) is 18.2 Å². The molecule has 8 nitrogen and oxygen atoms in total. The Kier molecular flexibility index (Phi) is 7.83. The average molecular weight is 285 g/mol. The number of phenolic OH excluding ortho intramolecular Hbond substituents is 1. The molecule has 0 atom stereocenters. The molecule has 0 spiro atoms. The highest BCUT2D eigenvalue weighted by molar-refractivity contribution is 5.55. The molecule has 0 bridgehead atoms. The van der Waals surface area contributed by atoms with Gasteiger partial charge in [-0.2, -0.15) is 0 Å². The normalized spacial score (nSPS) is 9.80. The number of nitro groups is 2. The van der Waals surface area contributed by atoms with Crippen molar-refractivity contribution < 1.29 is 15.0 Å². The molecule has 0 heterocycles. The van der Waals surface area contributed by atoms with Crippen LogP contribution in [0.1, 0.15) is 20.8 Å². The van der Waals surface area contributed by atoms with Gasteiger partial charge in [-0.15, -0.1) is 0 Å². The molecule has 0 aliphatic carbocycles. The fourth-order valence-corrected chi connectivity index (χ4v) is 1.48. The van der Waals surface area contributed by atoms with Crippen LogP contribution >= 0.6 is 0 Å². The van der Waals surface area contributed by atoms with Crippen molar-refractivity contribution >= 4 is 11.4 Å². The van der Waals surface area contributed by atoms with Crippen molar-refractivity contribution in [1.29, 1.82) is 0 Å². The molecule has 1 aromatic rings. The van der Waals surface area contributed by atoms with Gasteiger partial charge >= 0.3 is 11.4 Å². The molecule has 0 aromatic heterocycles. The summed E-state index contributed by atoms with van der Waals surface area (Å²) in [6, 6.07) is 2.64.